The summed E-state index contributed by atoms with van der Waals surface area (Å²) in [4.78, 5) is 13.8. The lowest BCUT2D eigenvalue weighted by Crippen LogP contribution is -2.14. The molecule has 0 fully saturated rings. The molecule has 1 aliphatic rings. The molecule has 34 heavy (non-hydrogen) atoms. The Labute approximate surface area is 208 Å². The maximum atomic E-state index is 12.6. The highest BCUT2D eigenvalue weighted by Gasteiger charge is 2.22. The van der Waals surface area contributed by atoms with E-state index in [9.17, 15) is 10.1 Å². The van der Waals surface area contributed by atoms with Crippen molar-refractivity contribution in [3.05, 3.63) is 51.2 Å². The van der Waals surface area contributed by atoms with E-state index in [2.05, 4.69) is 40.6 Å². The minimum Gasteiger partial charge on any atom is -0.496 e. The summed E-state index contributed by atoms with van der Waals surface area (Å²) in [6.07, 6.45) is 6.91. The van der Waals surface area contributed by atoms with Crippen LogP contribution < -0.4 is 10.1 Å². The number of ether oxygens (including phenoxy) is 1. The number of nitrogens with zero attached hydrogens (tertiary/aromatic N) is 4. The van der Waals surface area contributed by atoms with Crippen LogP contribution in [0.4, 0.5) is 5.00 Å². The zero-order valence-electron chi connectivity index (χ0n) is 19.8. The van der Waals surface area contributed by atoms with Crippen molar-refractivity contribution in [2.24, 2.45) is 7.05 Å². The van der Waals surface area contributed by atoms with Crippen molar-refractivity contribution < 1.29 is 9.53 Å². The number of benzene rings is 1. The molecule has 1 aromatic carbocycles. The number of aromatic nitrogens is 3. The Morgan fingerprint density at radius 1 is 1.29 bits per heavy atom. The molecule has 1 aliphatic carbocycles. The number of anilines is 1. The van der Waals surface area contributed by atoms with Gasteiger partial charge < -0.3 is 14.6 Å². The van der Waals surface area contributed by atoms with E-state index in [4.69, 9.17) is 4.74 Å². The lowest BCUT2D eigenvalue weighted by Gasteiger charge is -2.09. The molecule has 9 heteroatoms. The first kappa shape index (κ1) is 24.3. The lowest BCUT2D eigenvalue weighted by atomic mass is 9.96. The van der Waals surface area contributed by atoms with Crippen LogP contribution in [0.5, 0.6) is 5.75 Å². The highest BCUT2D eigenvalue weighted by molar-refractivity contribution is 7.99. The topological polar surface area (TPSA) is 92.8 Å². The number of rotatable bonds is 9. The van der Waals surface area contributed by atoms with Crippen LogP contribution in [0, 0.1) is 18.3 Å². The van der Waals surface area contributed by atoms with Gasteiger partial charge in [-0.25, -0.2) is 0 Å². The van der Waals surface area contributed by atoms with Gasteiger partial charge in [-0.15, -0.1) is 21.5 Å². The van der Waals surface area contributed by atoms with Crippen molar-refractivity contribution in [1.82, 2.24) is 14.8 Å². The van der Waals surface area contributed by atoms with Gasteiger partial charge >= 0.3 is 0 Å². The normalized spacial score (nSPS) is 12.8. The largest absolute Gasteiger partial charge is 0.496 e. The van der Waals surface area contributed by atoms with Crippen molar-refractivity contribution in [2.45, 2.75) is 57.0 Å². The van der Waals surface area contributed by atoms with E-state index in [0.29, 0.717) is 10.6 Å². The zero-order chi connectivity index (χ0) is 24.1. The van der Waals surface area contributed by atoms with Gasteiger partial charge in [-0.3, -0.25) is 4.79 Å². The molecular formula is C25H29N5O2S2. The summed E-state index contributed by atoms with van der Waals surface area (Å²) in [5.41, 5.74) is 4.19. The van der Waals surface area contributed by atoms with Crippen molar-refractivity contribution in [2.75, 3.05) is 18.2 Å². The quantitative estimate of drug-likeness (QED) is 0.427. The molecule has 0 saturated carbocycles. The number of hydrogen-bond donors (Lipinski definition) is 1. The fraction of sp³-hybridized carbons (Fsp3) is 0.440. The smallest absolute Gasteiger partial charge is 0.235 e. The standard InChI is InChI=1S/C25H29N5O2S2/c1-16-13-17(11-12-20(16)32-3)7-6-10-22-28-29-25(30(22)2)33-15-23(31)27-24-19(14-26)18-8-4-5-9-21(18)34-24/h11-13H,4-10,15H2,1-3H3,(H,27,31). The maximum Gasteiger partial charge on any atom is 0.235 e. The summed E-state index contributed by atoms with van der Waals surface area (Å²) in [5, 5.41) is 22.5. The molecule has 0 radical (unpaired) electrons. The van der Waals surface area contributed by atoms with Crippen molar-refractivity contribution >= 4 is 34.0 Å². The Hall–Kier alpha value is -2.83. The first-order valence-electron chi connectivity index (χ1n) is 11.5. The number of carbonyl (C=O) groups is 1. The summed E-state index contributed by atoms with van der Waals surface area (Å²) < 4.78 is 7.29. The highest BCUT2D eigenvalue weighted by atomic mass is 32.2. The van der Waals surface area contributed by atoms with Crippen LogP contribution in [0.3, 0.4) is 0 Å². The molecule has 178 valence electrons. The predicted molar refractivity (Wildman–Crippen MR) is 136 cm³/mol. The van der Waals surface area contributed by atoms with Gasteiger partial charge in [0.15, 0.2) is 5.16 Å². The average Bonchev–Trinajstić information content (AvgIpc) is 3.37. The van der Waals surface area contributed by atoms with Gasteiger partial charge in [-0.05, 0) is 68.2 Å². The van der Waals surface area contributed by atoms with E-state index >= 15 is 0 Å². The molecule has 7 nitrogen and oxygen atoms in total. The SMILES string of the molecule is COc1ccc(CCCc2nnc(SCC(=O)Nc3sc4c(c3C#N)CCCC4)n2C)cc1C. The third-order valence-corrected chi connectivity index (χ3v) is 8.35. The van der Waals surface area contributed by atoms with Crippen LogP contribution in [0.25, 0.3) is 0 Å². The first-order valence-corrected chi connectivity index (χ1v) is 13.3. The third-order valence-electron chi connectivity index (χ3n) is 6.12. The Kier molecular flexibility index (Phi) is 7.91. The minimum absolute atomic E-state index is 0.125. The molecule has 0 aliphatic heterocycles. The number of methoxy groups -OCH3 is 1. The number of nitriles is 1. The average molecular weight is 496 g/mol. The summed E-state index contributed by atoms with van der Waals surface area (Å²) in [6.45, 7) is 2.05. The van der Waals surface area contributed by atoms with Crippen LogP contribution >= 0.6 is 23.1 Å². The summed E-state index contributed by atoms with van der Waals surface area (Å²) in [5.74, 6) is 1.92. The first-order chi connectivity index (χ1) is 16.5. The molecule has 3 aromatic rings. The number of thioether (sulfide) groups is 1. The van der Waals surface area contributed by atoms with E-state index in [1.807, 2.05) is 17.7 Å². The van der Waals surface area contributed by atoms with Crippen molar-refractivity contribution in [3.63, 3.8) is 0 Å². The maximum absolute atomic E-state index is 12.6. The van der Waals surface area contributed by atoms with Crippen LogP contribution in [0.2, 0.25) is 0 Å². The van der Waals surface area contributed by atoms with Gasteiger partial charge in [-0.2, -0.15) is 5.26 Å². The monoisotopic (exact) mass is 495 g/mol. The highest BCUT2D eigenvalue weighted by Crippen LogP contribution is 2.37. The van der Waals surface area contributed by atoms with Crippen molar-refractivity contribution in [1.29, 1.82) is 5.26 Å². The third kappa shape index (κ3) is 5.45. The van der Waals surface area contributed by atoms with Gasteiger partial charge in [0.1, 0.15) is 22.6 Å². The molecule has 0 saturated heterocycles. The molecule has 2 aromatic heterocycles. The number of carbonyl (C=O) groups excluding carboxylic acids is 1. The number of amides is 1. The molecular weight excluding hydrogens is 466 g/mol. The minimum atomic E-state index is -0.125. The molecule has 0 spiro atoms. The molecule has 4 rings (SSSR count). The number of fused-ring (bicyclic) bond motifs is 1. The van der Waals surface area contributed by atoms with Crippen molar-refractivity contribution in [3.8, 4) is 11.8 Å². The Morgan fingerprint density at radius 3 is 2.88 bits per heavy atom. The van der Waals surface area contributed by atoms with Crippen LogP contribution in [-0.2, 0) is 37.5 Å². The van der Waals surface area contributed by atoms with E-state index in [1.54, 1.807) is 18.4 Å². The van der Waals surface area contributed by atoms with Crippen LogP contribution in [-0.4, -0.2) is 33.5 Å². The fourth-order valence-electron chi connectivity index (χ4n) is 4.30. The zero-order valence-corrected chi connectivity index (χ0v) is 21.4. The second kappa shape index (κ2) is 11.1. The molecule has 1 amide bonds. The fourth-order valence-corrected chi connectivity index (χ4v) is 6.29. The van der Waals surface area contributed by atoms with E-state index < -0.39 is 0 Å². The number of aryl methyl sites for hydroxylation is 4. The van der Waals surface area contributed by atoms with Gasteiger partial charge in [-0.1, -0.05) is 23.9 Å². The number of hydrogen-bond acceptors (Lipinski definition) is 7. The number of thiophene rings is 1. The molecule has 1 N–H and O–H groups in total. The number of nitrogens with one attached hydrogen (secondary N) is 1. The van der Waals surface area contributed by atoms with E-state index in [-0.39, 0.29) is 11.7 Å². The van der Waals surface area contributed by atoms with Crippen LogP contribution in [0.1, 0.15) is 52.2 Å². The molecule has 0 bridgehead atoms. The second-order valence-electron chi connectivity index (χ2n) is 8.48. The summed E-state index contributed by atoms with van der Waals surface area (Å²) in [6, 6.07) is 8.57. The Bertz CT molecular complexity index is 1220. The van der Waals surface area contributed by atoms with E-state index in [0.717, 1.165) is 72.8 Å². The molecule has 2 heterocycles. The van der Waals surface area contributed by atoms with Crippen LogP contribution in [0.15, 0.2) is 23.4 Å². The van der Waals surface area contributed by atoms with Gasteiger partial charge in [0.05, 0.1) is 18.4 Å². The van der Waals surface area contributed by atoms with Gasteiger partial charge in [0.2, 0.25) is 5.91 Å². The lowest BCUT2D eigenvalue weighted by molar-refractivity contribution is -0.113. The summed E-state index contributed by atoms with van der Waals surface area (Å²) in [7, 11) is 3.63. The van der Waals surface area contributed by atoms with E-state index in [1.165, 1.54) is 22.2 Å². The predicted octanol–water partition coefficient (Wildman–Crippen LogP) is 4.85. The Morgan fingerprint density at radius 2 is 2.12 bits per heavy atom. The summed E-state index contributed by atoms with van der Waals surface area (Å²) >= 11 is 2.91. The molecule has 0 unspecified atom stereocenters. The Balaban J connectivity index is 1.29. The second-order valence-corrected chi connectivity index (χ2v) is 10.5. The van der Waals surface area contributed by atoms with Gasteiger partial charge in [0, 0.05) is 18.3 Å². The van der Waals surface area contributed by atoms with Gasteiger partial charge in [0.25, 0.3) is 0 Å². The molecule has 0 atom stereocenters.